The highest BCUT2D eigenvalue weighted by molar-refractivity contribution is 5.92. The van der Waals surface area contributed by atoms with Gasteiger partial charge >= 0.3 is 0 Å². The summed E-state index contributed by atoms with van der Waals surface area (Å²) in [5.41, 5.74) is 3.25. The van der Waals surface area contributed by atoms with Gasteiger partial charge in [0.05, 0.1) is 37.1 Å². The number of carbonyl (C=O) groups is 1. The number of rotatable bonds is 5. The summed E-state index contributed by atoms with van der Waals surface area (Å²) >= 11 is 0. The number of hydrogen-bond donors (Lipinski definition) is 0. The minimum Gasteiger partial charge on any atom is -0.380 e. The number of ether oxygens (including phenoxy) is 1. The van der Waals surface area contributed by atoms with Gasteiger partial charge in [-0.2, -0.15) is 0 Å². The minimum atomic E-state index is -0.113. The van der Waals surface area contributed by atoms with Crippen molar-refractivity contribution >= 4 is 5.91 Å². The van der Waals surface area contributed by atoms with Crippen LogP contribution in [0, 0.1) is 12.8 Å². The summed E-state index contributed by atoms with van der Waals surface area (Å²) in [4.78, 5) is 27.5. The standard InChI is InChI=1S/C18H25N5O2/c1-12(2)9-25-10-14-7-23(8-16-17(14)22(4)11-21-16)18(24)15-6-19-13(3)5-20-15/h5-6,11-12,14H,7-10H2,1-4H3/t14-/m0/s1. The molecular formula is C18H25N5O2. The van der Waals surface area contributed by atoms with E-state index >= 15 is 0 Å². The van der Waals surface area contributed by atoms with Crippen molar-refractivity contribution in [2.24, 2.45) is 13.0 Å². The van der Waals surface area contributed by atoms with Gasteiger partial charge in [0.1, 0.15) is 5.69 Å². The Bertz CT molecular complexity index is 738. The first kappa shape index (κ1) is 17.5. The lowest BCUT2D eigenvalue weighted by Crippen LogP contribution is -2.40. The molecular weight excluding hydrogens is 318 g/mol. The van der Waals surface area contributed by atoms with Crippen LogP contribution >= 0.6 is 0 Å². The van der Waals surface area contributed by atoms with Crippen molar-refractivity contribution in [3.63, 3.8) is 0 Å². The molecule has 3 rings (SSSR count). The molecule has 0 radical (unpaired) electrons. The van der Waals surface area contributed by atoms with Crippen molar-refractivity contribution in [1.29, 1.82) is 0 Å². The van der Waals surface area contributed by atoms with Gasteiger partial charge in [0.15, 0.2) is 0 Å². The summed E-state index contributed by atoms with van der Waals surface area (Å²) in [7, 11) is 1.99. The largest absolute Gasteiger partial charge is 0.380 e. The van der Waals surface area contributed by atoms with Crippen LogP contribution < -0.4 is 0 Å². The van der Waals surface area contributed by atoms with Crippen LogP contribution in [0.25, 0.3) is 0 Å². The molecule has 3 heterocycles. The Balaban J connectivity index is 1.78. The van der Waals surface area contributed by atoms with Gasteiger partial charge in [0.2, 0.25) is 0 Å². The molecule has 0 aromatic carbocycles. The average molecular weight is 343 g/mol. The number of nitrogens with zero attached hydrogens (tertiary/aromatic N) is 5. The van der Waals surface area contributed by atoms with Crippen LogP contribution in [0.5, 0.6) is 0 Å². The summed E-state index contributed by atoms with van der Waals surface area (Å²) in [6, 6.07) is 0. The Hall–Kier alpha value is -2.28. The predicted molar refractivity (Wildman–Crippen MR) is 93.1 cm³/mol. The first-order valence-electron chi connectivity index (χ1n) is 8.61. The lowest BCUT2D eigenvalue weighted by atomic mass is 9.98. The molecule has 0 unspecified atom stereocenters. The zero-order valence-electron chi connectivity index (χ0n) is 15.3. The Morgan fingerprint density at radius 1 is 1.32 bits per heavy atom. The molecule has 134 valence electrons. The number of carbonyl (C=O) groups excluding carboxylic acids is 1. The smallest absolute Gasteiger partial charge is 0.274 e. The molecule has 1 aliphatic heterocycles. The lowest BCUT2D eigenvalue weighted by Gasteiger charge is -2.32. The van der Waals surface area contributed by atoms with E-state index in [0.717, 1.165) is 17.1 Å². The van der Waals surface area contributed by atoms with Crippen LogP contribution in [0.2, 0.25) is 0 Å². The fourth-order valence-electron chi connectivity index (χ4n) is 3.13. The highest BCUT2D eigenvalue weighted by Gasteiger charge is 2.32. The summed E-state index contributed by atoms with van der Waals surface area (Å²) in [5, 5.41) is 0. The third-order valence-electron chi connectivity index (χ3n) is 4.29. The first-order chi connectivity index (χ1) is 12.0. The number of aromatic nitrogens is 4. The summed E-state index contributed by atoms with van der Waals surface area (Å²) < 4.78 is 7.89. The molecule has 0 saturated heterocycles. The third-order valence-corrected chi connectivity index (χ3v) is 4.29. The van der Waals surface area contributed by atoms with E-state index < -0.39 is 0 Å². The lowest BCUT2D eigenvalue weighted by molar-refractivity contribution is 0.0587. The molecule has 7 nitrogen and oxygen atoms in total. The van der Waals surface area contributed by atoms with E-state index in [1.54, 1.807) is 17.4 Å². The van der Waals surface area contributed by atoms with Crippen LogP contribution in [0.1, 0.15) is 47.3 Å². The zero-order chi connectivity index (χ0) is 18.0. The van der Waals surface area contributed by atoms with E-state index in [0.29, 0.717) is 37.9 Å². The molecule has 7 heteroatoms. The van der Waals surface area contributed by atoms with E-state index in [1.165, 1.54) is 6.20 Å². The number of amides is 1. The molecule has 0 fully saturated rings. The van der Waals surface area contributed by atoms with Crippen molar-refractivity contribution < 1.29 is 9.53 Å². The predicted octanol–water partition coefficient (Wildman–Crippen LogP) is 1.93. The monoisotopic (exact) mass is 343 g/mol. The van der Waals surface area contributed by atoms with Crippen molar-refractivity contribution in [3.05, 3.63) is 41.5 Å². The number of fused-ring (bicyclic) bond motifs is 1. The van der Waals surface area contributed by atoms with Gasteiger partial charge < -0.3 is 14.2 Å². The van der Waals surface area contributed by atoms with Gasteiger partial charge in [-0.25, -0.2) is 9.97 Å². The van der Waals surface area contributed by atoms with Crippen molar-refractivity contribution in [3.8, 4) is 0 Å². The highest BCUT2D eigenvalue weighted by Crippen LogP contribution is 2.28. The van der Waals surface area contributed by atoms with Crippen molar-refractivity contribution in [2.75, 3.05) is 19.8 Å². The second kappa shape index (κ2) is 7.31. The molecule has 0 N–H and O–H groups in total. The number of imidazole rings is 1. The van der Waals surface area contributed by atoms with Crippen molar-refractivity contribution in [2.45, 2.75) is 33.2 Å². The Kier molecular flexibility index (Phi) is 5.13. The van der Waals surface area contributed by atoms with E-state index in [2.05, 4.69) is 28.8 Å². The Morgan fingerprint density at radius 3 is 2.80 bits per heavy atom. The van der Waals surface area contributed by atoms with Crippen LogP contribution in [-0.4, -0.2) is 50.1 Å². The zero-order valence-corrected chi connectivity index (χ0v) is 15.3. The van der Waals surface area contributed by atoms with Gasteiger partial charge in [-0.3, -0.25) is 9.78 Å². The van der Waals surface area contributed by atoms with E-state index in [-0.39, 0.29) is 11.8 Å². The van der Waals surface area contributed by atoms with Crippen LogP contribution in [0.3, 0.4) is 0 Å². The van der Waals surface area contributed by atoms with Crippen LogP contribution in [-0.2, 0) is 18.3 Å². The maximum absolute atomic E-state index is 12.8. The molecule has 1 atom stereocenters. The normalized spacial score (nSPS) is 17.0. The maximum Gasteiger partial charge on any atom is 0.274 e. The molecule has 2 aromatic rings. The molecule has 0 spiro atoms. The molecule has 1 aliphatic rings. The molecule has 2 aromatic heterocycles. The number of aryl methyl sites for hydroxylation is 2. The van der Waals surface area contributed by atoms with E-state index in [4.69, 9.17) is 4.74 Å². The summed E-state index contributed by atoms with van der Waals surface area (Å²) in [5.74, 6) is 0.477. The topological polar surface area (TPSA) is 73.1 Å². The highest BCUT2D eigenvalue weighted by atomic mass is 16.5. The SMILES string of the molecule is Cc1cnc(C(=O)N2Cc3ncn(C)c3[C@H](COCC(C)C)C2)cn1. The van der Waals surface area contributed by atoms with E-state index in [9.17, 15) is 4.79 Å². The second-order valence-corrected chi connectivity index (χ2v) is 7.04. The van der Waals surface area contributed by atoms with Gasteiger partial charge in [-0.15, -0.1) is 0 Å². The fourth-order valence-corrected chi connectivity index (χ4v) is 3.13. The summed E-state index contributed by atoms with van der Waals surface area (Å²) in [6.45, 7) is 8.48. The Morgan fingerprint density at radius 2 is 2.12 bits per heavy atom. The summed E-state index contributed by atoms with van der Waals surface area (Å²) in [6.07, 6.45) is 4.96. The van der Waals surface area contributed by atoms with Crippen LogP contribution in [0.15, 0.2) is 18.7 Å². The van der Waals surface area contributed by atoms with Gasteiger partial charge in [0.25, 0.3) is 5.91 Å². The average Bonchev–Trinajstić information content (AvgIpc) is 2.96. The Labute approximate surface area is 148 Å². The molecule has 0 saturated carbocycles. The molecule has 1 amide bonds. The van der Waals surface area contributed by atoms with Crippen molar-refractivity contribution in [1.82, 2.24) is 24.4 Å². The molecule has 25 heavy (non-hydrogen) atoms. The molecule has 0 aliphatic carbocycles. The first-order valence-corrected chi connectivity index (χ1v) is 8.61. The quantitative estimate of drug-likeness (QED) is 0.829. The second-order valence-electron chi connectivity index (χ2n) is 7.04. The maximum atomic E-state index is 12.8. The number of hydrogen-bond acceptors (Lipinski definition) is 5. The minimum absolute atomic E-state index is 0.109. The van der Waals surface area contributed by atoms with Gasteiger partial charge in [-0.1, -0.05) is 13.8 Å². The van der Waals surface area contributed by atoms with Gasteiger partial charge in [-0.05, 0) is 12.8 Å². The van der Waals surface area contributed by atoms with Crippen LogP contribution in [0.4, 0.5) is 0 Å². The van der Waals surface area contributed by atoms with Gasteiger partial charge in [0, 0.05) is 38.0 Å². The van der Waals surface area contributed by atoms with E-state index in [1.807, 2.05) is 18.5 Å². The third kappa shape index (κ3) is 3.87. The fraction of sp³-hybridized carbons (Fsp3) is 0.556. The molecule has 0 bridgehead atoms.